The Morgan fingerprint density at radius 2 is 2.00 bits per heavy atom. The van der Waals surface area contributed by atoms with Gasteiger partial charge in [-0.2, -0.15) is 0 Å². The van der Waals surface area contributed by atoms with Gasteiger partial charge in [-0.25, -0.2) is 9.97 Å². The van der Waals surface area contributed by atoms with Gasteiger partial charge in [0, 0.05) is 32.7 Å². The number of anilines is 1. The largest absolute Gasteiger partial charge is 0.383 e. The second-order valence-electron chi connectivity index (χ2n) is 4.59. The van der Waals surface area contributed by atoms with Gasteiger partial charge in [-0.15, -0.1) is 0 Å². The van der Waals surface area contributed by atoms with Crippen molar-refractivity contribution in [3.63, 3.8) is 0 Å². The number of hydrogen-bond donors (Lipinski definition) is 1. The van der Waals surface area contributed by atoms with Crippen LogP contribution >= 0.6 is 15.9 Å². The Morgan fingerprint density at radius 1 is 1.32 bits per heavy atom. The van der Waals surface area contributed by atoms with Crippen molar-refractivity contribution in [3.8, 4) is 0 Å². The van der Waals surface area contributed by atoms with Crippen LogP contribution in [0.15, 0.2) is 4.47 Å². The first kappa shape index (κ1) is 14.7. The lowest BCUT2D eigenvalue weighted by atomic mass is 9.92. The molecule has 106 valence electrons. The molecular formula is C13H20BrN3O2. The van der Waals surface area contributed by atoms with Crippen LogP contribution in [-0.2, 0) is 21.5 Å². The Labute approximate surface area is 122 Å². The number of ether oxygens (including phenoxy) is 2. The topological polar surface area (TPSA) is 70.3 Å². The predicted octanol–water partition coefficient (Wildman–Crippen LogP) is 2.43. The fourth-order valence-corrected chi connectivity index (χ4v) is 2.82. The van der Waals surface area contributed by atoms with E-state index in [-0.39, 0.29) is 0 Å². The molecule has 0 aromatic carbocycles. The molecule has 1 aliphatic heterocycles. The molecule has 0 saturated carbocycles. The molecule has 0 spiro atoms. The molecule has 2 heterocycles. The van der Waals surface area contributed by atoms with E-state index in [4.69, 9.17) is 15.2 Å². The molecule has 0 amide bonds. The summed E-state index contributed by atoms with van der Waals surface area (Å²) in [5, 5.41) is 0. The minimum absolute atomic E-state index is 0.453. The van der Waals surface area contributed by atoms with E-state index in [1.807, 2.05) is 13.8 Å². The van der Waals surface area contributed by atoms with Gasteiger partial charge < -0.3 is 15.2 Å². The zero-order valence-electron chi connectivity index (χ0n) is 11.4. The Morgan fingerprint density at radius 3 is 2.58 bits per heavy atom. The summed E-state index contributed by atoms with van der Waals surface area (Å²) >= 11 is 3.44. The van der Waals surface area contributed by atoms with Crippen molar-refractivity contribution in [2.75, 3.05) is 25.6 Å². The number of aromatic nitrogens is 2. The van der Waals surface area contributed by atoms with Gasteiger partial charge in [0.25, 0.3) is 0 Å². The average Bonchev–Trinajstić information content (AvgIpc) is 2.43. The fraction of sp³-hybridized carbons (Fsp3) is 0.692. The third-order valence-corrected chi connectivity index (χ3v) is 4.27. The predicted molar refractivity (Wildman–Crippen MR) is 76.9 cm³/mol. The molecular weight excluding hydrogens is 310 g/mol. The Hall–Kier alpha value is -0.720. The molecule has 6 heteroatoms. The lowest BCUT2D eigenvalue weighted by Gasteiger charge is -2.35. The van der Waals surface area contributed by atoms with E-state index in [1.54, 1.807) is 0 Å². The minimum Gasteiger partial charge on any atom is -0.383 e. The summed E-state index contributed by atoms with van der Waals surface area (Å²) in [6.07, 6.45) is 2.34. The number of rotatable bonds is 4. The molecule has 0 bridgehead atoms. The second kappa shape index (κ2) is 6.15. The zero-order chi connectivity index (χ0) is 13.9. The third-order valence-electron chi connectivity index (χ3n) is 3.41. The van der Waals surface area contributed by atoms with Crippen molar-refractivity contribution in [1.82, 2.24) is 9.97 Å². The van der Waals surface area contributed by atoms with Gasteiger partial charge in [0.15, 0.2) is 5.82 Å². The second-order valence-corrected chi connectivity index (χ2v) is 5.38. The van der Waals surface area contributed by atoms with Crippen molar-refractivity contribution in [2.45, 2.75) is 38.7 Å². The van der Waals surface area contributed by atoms with Gasteiger partial charge in [0.2, 0.25) is 0 Å². The third kappa shape index (κ3) is 2.90. The number of nitrogen functional groups attached to an aromatic ring is 1. The normalized spacial score (nSPS) is 18.5. The summed E-state index contributed by atoms with van der Waals surface area (Å²) in [7, 11) is 0. The highest BCUT2D eigenvalue weighted by Crippen LogP contribution is 2.36. The van der Waals surface area contributed by atoms with Crippen molar-refractivity contribution < 1.29 is 9.47 Å². The molecule has 19 heavy (non-hydrogen) atoms. The van der Waals surface area contributed by atoms with Crippen molar-refractivity contribution >= 4 is 21.7 Å². The molecule has 1 saturated heterocycles. The maximum absolute atomic E-state index is 5.97. The number of hydrogen-bond acceptors (Lipinski definition) is 5. The Kier molecular flexibility index (Phi) is 4.76. The van der Waals surface area contributed by atoms with E-state index < -0.39 is 5.60 Å². The van der Waals surface area contributed by atoms with Crippen LogP contribution < -0.4 is 5.73 Å². The van der Waals surface area contributed by atoms with E-state index in [0.717, 1.165) is 29.4 Å². The molecule has 1 fully saturated rings. The highest BCUT2D eigenvalue weighted by molar-refractivity contribution is 9.10. The Bertz CT molecular complexity index is 442. The first-order valence-electron chi connectivity index (χ1n) is 6.67. The standard InChI is InChI=1S/C13H20BrN3O2/c1-3-9-10(14)11(15)17-12(16-9)13(19-4-2)5-7-18-8-6-13/h3-8H2,1-2H3,(H2,15,16,17). The molecule has 0 atom stereocenters. The summed E-state index contributed by atoms with van der Waals surface area (Å²) in [4.78, 5) is 9.08. The van der Waals surface area contributed by atoms with E-state index in [0.29, 0.717) is 31.5 Å². The number of aryl methyl sites for hydroxylation is 1. The van der Waals surface area contributed by atoms with Gasteiger partial charge >= 0.3 is 0 Å². The summed E-state index contributed by atoms with van der Waals surface area (Å²) in [5.74, 6) is 1.17. The van der Waals surface area contributed by atoms with Crippen LogP contribution in [0.1, 0.15) is 38.2 Å². The molecule has 1 aliphatic rings. The molecule has 2 N–H and O–H groups in total. The van der Waals surface area contributed by atoms with E-state index >= 15 is 0 Å². The molecule has 1 aromatic rings. The lowest BCUT2D eigenvalue weighted by molar-refractivity contribution is -0.117. The minimum atomic E-state index is -0.453. The molecule has 5 nitrogen and oxygen atoms in total. The van der Waals surface area contributed by atoms with Crippen molar-refractivity contribution in [2.24, 2.45) is 0 Å². The number of halogens is 1. The van der Waals surface area contributed by atoms with Crippen LogP contribution in [0.2, 0.25) is 0 Å². The first-order valence-corrected chi connectivity index (χ1v) is 7.46. The highest BCUT2D eigenvalue weighted by Gasteiger charge is 2.38. The molecule has 0 unspecified atom stereocenters. The Balaban J connectivity index is 2.44. The van der Waals surface area contributed by atoms with Crippen LogP contribution in [0.5, 0.6) is 0 Å². The number of nitrogens with zero attached hydrogens (tertiary/aromatic N) is 2. The molecule has 2 rings (SSSR count). The fourth-order valence-electron chi connectivity index (χ4n) is 2.36. The SMILES string of the molecule is CCOC1(c2nc(N)c(Br)c(CC)n2)CCOCC1. The summed E-state index contributed by atoms with van der Waals surface area (Å²) in [6, 6.07) is 0. The van der Waals surface area contributed by atoms with Gasteiger partial charge in [0.05, 0.1) is 10.2 Å². The van der Waals surface area contributed by atoms with Gasteiger partial charge in [-0.1, -0.05) is 6.92 Å². The maximum Gasteiger partial charge on any atom is 0.163 e. The van der Waals surface area contributed by atoms with Crippen molar-refractivity contribution in [3.05, 3.63) is 16.0 Å². The van der Waals surface area contributed by atoms with Crippen LogP contribution in [0.4, 0.5) is 5.82 Å². The van der Waals surface area contributed by atoms with Gasteiger partial charge in [-0.05, 0) is 29.3 Å². The van der Waals surface area contributed by atoms with Gasteiger partial charge in [-0.3, -0.25) is 0 Å². The number of nitrogens with two attached hydrogens (primary N) is 1. The maximum atomic E-state index is 5.97. The van der Waals surface area contributed by atoms with E-state index in [2.05, 4.69) is 25.9 Å². The summed E-state index contributed by atoms with van der Waals surface area (Å²) in [6.45, 7) is 6.00. The zero-order valence-corrected chi connectivity index (χ0v) is 13.0. The van der Waals surface area contributed by atoms with Crippen molar-refractivity contribution in [1.29, 1.82) is 0 Å². The average molecular weight is 330 g/mol. The highest BCUT2D eigenvalue weighted by atomic mass is 79.9. The molecule has 1 aromatic heterocycles. The monoisotopic (exact) mass is 329 g/mol. The van der Waals surface area contributed by atoms with Crippen LogP contribution in [-0.4, -0.2) is 29.8 Å². The smallest absolute Gasteiger partial charge is 0.163 e. The van der Waals surface area contributed by atoms with Crippen LogP contribution in [0, 0.1) is 0 Å². The quantitative estimate of drug-likeness (QED) is 0.918. The lowest BCUT2D eigenvalue weighted by Crippen LogP contribution is -2.38. The summed E-state index contributed by atoms with van der Waals surface area (Å²) < 4.78 is 12.2. The van der Waals surface area contributed by atoms with E-state index in [1.165, 1.54) is 0 Å². The van der Waals surface area contributed by atoms with Crippen LogP contribution in [0.3, 0.4) is 0 Å². The molecule has 0 radical (unpaired) electrons. The van der Waals surface area contributed by atoms with Crippen LogP contribution in [0.25, 0.3) is 0 Å². The molecule has 0 aliphatic carbocycles. The van der Waals surface area contributed by atoms with E-state index in [9.17, 15) is 0 Å². The van der Waals surface area contributed by atoms with Gasteiger partial charge in [0.1, 0.15) is 11.4 Å². The summed E-state index contributed by atoms with van der Waals surface area (Å²) in [5.41, 5.74) is 6.45. The first-order chi connectivity index (χ1) is 9.13.